The van der Waals surface area contributed by atoms with Crippen LogP contribution >= 0.6 is 0 Å². The molecule has 0 bridgehead atoms. The van der Waals surface area contributed by atoms with Crippen molar-refractivity contribution in [3.8, 4) is 0 Å². The Balaban J connectivity index is 2.34. The van der Waals surface area contributed by atoms with Gasteiger partial charge in [0.2, 0.25) is 5.91 Å². The molecular weight excluding hydrogens is 204 g/mol. The van der Waals surface area contributed by atoms with Crippen LogP contribution in [0, 0.1) is 0 Å². The molecule has 1 saturated carbocycles. The van der Waals surface area contributed by atoms with Gasteiger partial charge in [-0.1, -0.05) is 19.8 Å². The molecule has 0 aromatic heterocycles. The average molecular weight is 228 g/mol. The van der Waals surface area contributed by atoms with Crippen LogP contribution in [0.25, 0.3) is 0 Å². The number of aliphatic hydroxyl groups is 1. The van der Waals surface area contributed by atoms with Crippen molar-refractivity contribution >= 4 is 5.91 Å². The second-order valence-corrected chi connectivity index (χ2v) is 4.48. The predicted octanol–water partition coefficient (Wildman–Crippen LogP) is 0.749. The van der Waals surface area contributed by atoms with Crippen LogP contribution in [0.3, 0.4) is 0 Å². The first-order chi connectivity index (χ1) is 7.77. The van der Waals surface area contributed by atoms with Gasteiger partial charge in [-0.15, -0.1) is 0 Å². The van der Waals surface area contributed by atoms with Gasteiger partial charge in [0.25, 0.3) is 0 Å². The van der Waals surface area contributed by atoms with Crippen LogP contribution in [0.4, 0.5) is 0 Å². The normalized spacial score (nSPS) is 16.9. The summed E-state index contributed by atoms with van der Waals surface area (Å²) < 4.78 is 0. The first-order valence-electron chi connectivity index (χ1n) is 6.39. The highest BCUT2D eigenvalue weighted by Gasteiger charge is 2.23. The maximum atomic E-state index is 11.6. The van der Waals surface area contributed by atoms with Crippen molar-refractivity contribution in [3.63, 3.8) is 0 Å². The second-order valence-electron chi connectivity index (χ2n) is 4.48. The van der Waals surface area contributed by atoms with E-state index >= 15 is 0 Å². The van der Waals surface area contributed by atoms with E-state index < -0.39 is 0 Å². The van der Waals surface area contributed by atoms with Crippen molar-refractivity contribution in [3.05, 3.63) is 0 Å². The highest BCUT2D eigenvalue weighted by molar-refractivity contribution is 5.78. The molecule has 1 aliphatic carbocycles. The molecule has 0 aliphatic heterocycles. The van der Waals surface area contributed by atoms with Gasteiger partial charge in [-0.05, 0) is 19.3 Å². The minimum atomic E-state index is 0.0854. The Labute approximate surface area is 98.0 Å². The molecule has 94 valence electrons. The van der Waals surface area contributed by atoms with Gasteiger partial charge in [-0.25, -0.2) is 0 Å². The molecule has 0 radical (unpaired) electrons. The van der Waals surface area contributed by atoms with Crippen LogP contribution in [-0.2, 0) is 4.79 Å². The Morgan fingerprint density at radius 2 is 2.12 bits per heavy atom. The largest absolute Gasteiger partial charge is 0.395 e. The Kier molecular flexibility index (Phi) is 6.42. The highest BCUT2D eigenvalue weighted by atomic mass is 16.3. The molecule has 0 aromatic carbocycles. The van der Waals surface area contributed by atoms with E-state index in [0.717, 1.165) is 13.0 Å². The van der Waals surface area contributed by atoms with Gasteiger partial charge in [0, 0.05) is 19.1 Å². The van der Waals surface area contributed by atoms with E-state index in [1.165, 1.54) is 25.7 Å². The standard InChI is InChI=1S/C12H24N2O2/c1-2-7-13-12(16)10-14(8-9-15)11-5-3-4-6-11/h11,15H,2-10H2,1H3,(H,13,16). The number of amides is 1. The summed E-state index contributed by atoms with van der Waals surface area (Å²) in [4.78, 5) is 13.7. The van der Waals surface area contributed by atoms with Gasteiger partial charge in [0.1, 0.15) is 0 Å². The molecule has 2 N–H and O–H groups in total. The summed E-state index contributed by atoms with van der Waals surface area (Å²) in [5, 5.41) is 11.9. The van der Waals surface area contributed by atoms with Crippen LogP contribution in [0.2, 0.25) is 0 Å². The lowest BCUT2D eigenvalue weighted by atomic mass is 10.2. The highest BCUT2D eigenvalue weighted by Crippen LogP contribution is 2.22. The summed E-state index contributed by atoms with van der Waals surface area (Å²) in [6, 6.07) is 0.500. The zero-order chi connectivity index (χ0) is 11.8. The van der Waals surface area contributed by atoms with Crippen molar-refractivity contribution in [1.29, 1.82) is 0 Å². The summed E-state index contributed by atoms with van der Waals surface area (Å²) in [6.07, 6.45) is 5.81. The molecule has 1 amide bonds. The number of nitrogens with one attached hydrogen (secondary N) is 1. The van der Waals surface area contributed by atoms with E-state index in [0.29, 0.717) is 19.1 Å². The first kappa shape index (κ1) is 13.5. The summed E-state index contributed by atoms with van der Waals surface area (Å²) in [5.41, 5.74) is 0. The van der Waals surface area contributed by atoms with Crippen molar-refractivity contribution in [2.24, 2.45) is 0 Å². The topological polar surface area (TPSA) is 52.6 Å². The summed E-state index contributed by atoms with van der Waals surface area (Å²) >= 11 is 0. The van der Waals surface area contributed by atoms with Crippen molar-refractivity contribution in [2.75, 3.05) is 26.2 Å². The first-order valence-corrected chi connectivity index (χ1v) is 6.39. The van der Waals surface area contributed by atoms with E-state index in [1.54, 1.807) is 0 Å². The number of carbonyl (C=O) groups is 1. The molecule has 1 aliphatic rings. The predicted molar refractivity (Wildman–Crippen MR) is 64.2 cm³/mol. The maximum Gasteiger partial charge on any atom is 0.234 e. The van der Waals surface area contributed by atoms with Crippen molar-refractivity contribution in [2.45, 2.75) is 45.1 Å². The summed E-state index contributed by atoms with van der Waals surface area (Å²) in [7, 11) is 0. The van der Waals surface area contributed by atoms with Gasteiger partial charge in [0.05, 0.1) is 13.2 Å². The number of aliphatic hydroxyl groups excluding tert-OH is 1. The van der Waals surface area contributed by atoms with Gasteiger partial charge in [0.15, 0.2) is 0 Å². The molecule has 0 unspecified atom stereocenters. The quantitative estimate of drug-likeness (QED) is 0.676. The van der Waals surface area contributed by atoms with Crippen LogP contribution in [0.15, 0.2) is 0 Å². The summed E-state index contributed by atoms with van der Waals surface area (Å²) in [6.45, 7) is 3.98. The zero-order valence-corrected chi connectivity index (χ0v) is 10.2. The Hall–Kier alpha value is -0.610. The van der Waals surface area contributed by atoms with E-state index in [9.17, 15) is 4.79 Å². The van der Waals surface area contributed by atoms with Gasteiger partial charge < -0.3 is 10.4 Å². The molecule has 1 fully saturated rings. The third-order valence-electron chi connectivity index (χ3n) is 3.15. The van der Waals surface area contributed by atoms with Crippen LogP contribution in [-0.4, -0.2) is 48.2 Å². The van der Waals surface area contributed by atoms with Crippen LogP contribution in [0.1, 0.15) is 39.0 Å². The number of hydrogen-bond donors (Lipinski definition) is 2. The molecule has 0 atom stereocenters. The second kappa shape index (κ2) is 7.63. The fourth-order valence-electron chi connectivity index (χ4n) is 2.29. The monoisotopic (exact) mass is 228 g/mol. The fraction of sp³-hybridized carbons (Fsp3) is 0.917. The molecule has 0 heterocycles. The van der Waals surface area contributed by atoms with E-state index in [-0.39, 0.29) is 12.5 Å². The third-order valence-corrected chi connectivity index (χ3v) is 3.15. The van der Waals surface area contributed by atoms with E-state index in [1.807, 2.05) is 6.92 Å². The number of carbonyl (C=O) groups excluding carboxylic acids is 1. The lowest BCUT2D eigenvalue weighted by molar-refractivity contribution is -0.122. The van der Waals surface area contributed by atoms with E-state index in [4.69, 9.17) is 5.11 Å². The molecule has 0 aromatic rings. The average Bonchev–Trinajstić information content (AvgIpc) is 2.79. The minimum Gasteiger partial charge on any atom is -0.395 e. The maximum absolute atomic E-state index is 11.6. The lowest BCUT2D eigenvalue weighted by Gasteiger charge is -2.27. The molecule has 1 rings (SSSR count). The number of rotatable bonds is 7. The van der Waals surface area contributed by atoms with Gasteiger partial charge in [-0.2, -0.15) is 0 Å². The molecule has 0 saturated heterocycles. The molecule has 4 nitrogen and oxygen atoms in total. The van der Waals surface area contributed by atoms with Crippen LogP contribution in [0.5, 0.6) is 0 Å². The van der Waals surface area contributed by atoms with Gasteiger partial charge in [-0.3, -0.25) is 9.69 Å². The Morgan fingerprint density at radius 1 is 1.44 bits per heavy atom. The SMILES string of the molecule is CCCNC(=O)CN(CCO)C1CCCC1. The fourth-order valence-corrected chi connectivity index (χ4v) is 2.29. The molecular formula is C12H24N2O2. The number of nitrogens with zero attached hydrogens (tertiary/aromatic N) is 1. The third kappa shape index (κ3) is 4.49. The van der Waals surface area contributed by atoms with E-state index in [2.05, 4.69) is 10.2 Å². The summed E-state index contributed by atoms with van der Waals surface area (Å²) in [5.74, 6) is 0.0854. The van der Waals surface area contributed by atoms with Crippen LogP contribution < -0.4 is 5.32 Å². The van der Waals surface area contributed by atoms with Crippen molar-refractivity contribution < 1.29 is 9.90 Å². The number of hydrogen-bond acceptors (Lipinski definition) is 3. The minimum absolute atomic E-state index is 0.0854. The smallest absolute Gasteiger partial charge is 0.234 e. The molecule has 0 spiro atoms. The molecule has 16 heavy (non-hydrogen) atoms. The Morgan fingerprint density at radius 3 is 2.69 bits per heavy atom. The zero-order valence-electron chi connectivity index (χ0n) is 10.2. The Bertz CT molecular complexity index is 203. The lowest BCUT2D eigenvalue weighted by Crippen LogP contribution is -2.43. The molecule has 4 heteroatoms. The van der Waals surface area contributed by atoms with Crippen molar-refractivity contribution in [1.82, 2.24) is 10.2 Å². The van der Waals surface area contributed by atoms with Gasteiger partial charge >= 0.3 is 0 Å².